The number of fused-ring (bicyclic) bond motifs is 1. The van der Waals surface area contributed by atoms with Crippen LogP contribution < -0.4 is 4.90 Å². The maximum absolute atomic E-state index is 4.44. The summed E-state index contributed by atoms with van der Waals surface area (Å²) < 4.78 is 0. The highest BCUT2D eigenvalue weighted by atomic mass is 15.3. The number of pyridine rings is 1. The summed E-state index contributed by atoms with van der Waals surface area (Å²) in [5.41, 5.74) is 3.54. The largest absolute Gasteiger partial charge is 0.354 e. The minimum absolute atomic E-state index is 1.04. The normalized spacial score (nSPS) is 16.1. The summed E-state index contributed by atoms with van der Waals surface area (Å²) in [6, 6.07) is 12.6. The van der Waals surface area contributed by atoms with Gasteiger partial charge in [-0.1, -0.05) is 12.1 Å². The lowest BCUT2D eigenvalue weighted by Gasteiger charge is -2.35. The molecule has 23 heavy (non-hydrogen) atoms. The average Bonchev–Trinajstić information content (AvgIpc) is 3.09. The third-order valence-electron chi connectivity index (χ3n) is 4.55. The number of aromatic amines is 1. The number of anilines is 1. The van der Waals surface area contributed by atoms with E-state index in [1.54, 1.807) is 6.33 Å². The second-order valence-electron chi connectivity index (χ2n) is 6.02. The van der Waals surface area contributed by atoms with Gasteiger partial charge in [-0.15, -0.1) is 0 Å². The average molecular weight is 307 g/mol. The summed E-state index contributed by atoms with van der Waals surface area (Å²) in [5, 5.41) is 0. The van der Waals surface area contributed by atoms with E-state index in [2.05, 4.69) is 55.1 Å². The molecule has 0 bridgehead atoms. The topological polar surface area (TPSA) is 48.0 Å². The van der Waals surface area contributed by atoms with Crippen LogP contribution in [0.15, 0.2) is 48.9 Å². The second-order valence-corrected chi connectivity index (χ2v) is 6.02. The molecule has 0 aliphatic carbocycles. The molecule has 1 fully saturated rings. The van der Waals surface area contributed by atoms with E-state index < -0.39 is 0 Å². The molecular weight excluding hydrogens is 286 g/mol. The summed E-state index contributed by atoms with van der Waals surface area (Å²) in [5.74, 6) is 1.09. The van der Waals surface area contributed by atoms with Crippen LogP contribution in [0.1, 0.15) is 5.56 Å². The van der Waals surface area contributed by atoms with Crippen molar-refractivity contribution in [2.45, 2.75) is 6.42 Å². The number of H-pyrrole nitrogens is 1. The Kier molecular flexibility index (Phi) is 3.94. The highest BCUT2D eigenvalue weighted by Crippen LogP contribution is 2.15. The number of nitrogens with zero attached hydrogens (tertiary/aromatic N) is 4. The molecule has 4 rings (SSSR count). The molecule has 118 valence electrons. The standard InChI is InChI=1S/C18H21N5/c1-2-7-19-18(3-1)23-11-9-22(10-12-23)8-6-15-4-5-16-17(13-15)21-14-20-16/h1-5,7,13-14H,6,8-12H2,(H,20,21). The summed E-state index contributed by atoms with van der Waals surface area (Å²) in [6.45, 7) is 5.41. The first-order chi connectivity index (χ1) is 11.4. The number of hydrogen-bond acceptors (Lipinski definition) is 4. The molecule has 1 aliphatic heterocycles. The molecule has 1 aromatic carbocycles. The van der Waals surface area contributed by atoms with E-state index in [1.165, 1.54) is 5.56 Å². The van der Waals surface area contributed by atoms with E-state index in [1.807, 2.05) is 12.3 Å². The number of nitrogens with one attached hydrogen (secondary N) is 1. The molecule has 0 radical (unpaired) electrons. The van der Waals surface area contributed by atoms with Gasteiger partial charge in [-0.25, -0.2) is 9.97 Å². The molecule has 1 N–H and O–H groups in total. The molecule has 3 heterocycles. The Hall–Kier alpha value is -2.40. The molecule has 3 aromatic rings. The molecule has 0 unspecified atom stereocenters. The molecule has 5 nitrogen and oxygen atoms in total. The van der Waals surface area contributed by atoms with Crippen LogP contribution in [0, 0.1) is 0 Å². The van der Waals surface area contributed by atoms with E-state index >= 15 is 0 Å². The van der Waals surface area contributed by atoms with E-state index in [-0.39, 0.29) is 0 Å². The van der Waals surface area contributed by atoms with Gasteiger partial charge < -0.3 is 9.88 Å². The number of aromatic nitrogens is 3. The number of hydrogen-bond donors (Lipinski definition) is 1. The van der Waals surface area contributed by atoms with Crippen molar-refractivity contribution in [3.8, 4) is 0 Å². The summed E-state index contributed by atoms with van der Waals surface area (Å²) in [6.07, 6.45) is 4.71. The summed E-state index contributed by atoms with van der Waals surface area (Å²) >= 11 is 0. The van der Waals surface area contributed by atoms with Gasteiger partial charge in [-0.3, -0.25) is 4.90 Å². The van der Waals surface area contributed by atoms with E-state index in [4.69, 9.17) is 0 Å². The predicted molar refractivity (Wildman–Crippen MR) is 92.7 cm³/mol. The first kappa shape index (κ1) is 14.2. The van der Waals surface area contributed by atoms with Crippen LogP contribution in [0.3, 0.4) is 0 Å². The van der Waals surface area contributed by atoms with Crippen molar-refractivity contribution in [2.75, 3.05) is 37.6 Å². The fourth-order valence-corrected chi connectivity index (χ4v) is 3.17. The van der Waals surface area contributed by atoms with Crippen molar-refractivity contribution < 1.29 is 0 Å². The first-order valence-corrected chi connectivity index (χ1v) is 8.19. The predicted octanol–water partition coefficient (Wildman–Crippen LogP) is 2.32. The lowest BCUT2D eigenvalue weighted by atomic mass is 10.1. The van der Waals surface area contributed by atoms with Gasteiger partial charge in [0.1, 0.15) is 5.82 Å². The van der Waals surface area contributed by atoms with Crippen molar-refractivity contribution in [1.29, 1.82) is 0 Å². The Bertz CT molecular complexity index is 759. The molecular formula is C18H21N5. The molecule has 0 atom stereocenters. The maximum Gasteiger partial charge on any atom is 0.128 e. The zero-order valence-electron chi connectivity index (χ0n) is 13.2. The van der Waals surface area contributed by atoms with Crippen molar-refractivity contribution in [1.82, 2.24) is 19.9 Å². The summed E-state index contributed by atoms with van der Waals surface area (Å²) in [4.78, 5) is 16.8. The van der Waals surface area contributed by atoms with Gasteiger partial charge >= 0.3 is 0 Å². The Morgan fingerprint density at radius 2 is 1.91 bits per heavy atom. The molecule has 5 heteroatoms. The zero-order chi connectivity index (χ0) is 15.5. The van der Waals surface area contributed by atoms with Crippen LogP contribution in [0.25, 0.3) is 11.0 Å². The van der Waals surface area contributed by atoms with E-state index in [9.17, 15) is 0 Å². The van der Waals surface area contributed by atoms with Crippen LogP contribution in [0.2, 0.25) is 0 Å². The SMILES string of the molecule is c1ccc(N2CCN(CCc3ccc4nc[nH]c4c3)CC2)nc1. The minimum atomic E-state index is 1.04. The van der Waals surface area contributed by atoms with Crippen LogP contribution in [-0.4, -0.2) is 52.6 Å². The van der Waals surface area contributed by atoms with Gasteiger partial charge in [0, 0.05) is 38.9 Å². The first-order valence-electron chi connectivity index (χ1n) is 8.19. The highest BCUT2D eigenvalue weighted by molar-refractivity contribution is 5.75. The van der Waals surface area contributed by atoms with Crippen LogP contribution >= 0.6 is 0 Å². The highest BCUT2D eigenvalue weighted by Gasteiger charge is 2.17. The Morgan fingerprint density at radius 3 is 2.74 bits per heavy atom. The smallest absolute Gasteiger partial charge is 0.128 e. The lowest BCUT2D eigenvalue weighted by molar-refractivity contribution is 0.260. The van der Waals surface area contributed by atoms with Gasteiger partial charge in [0.25, 0.3) is 0 Å². The lowest BCUT2D eigenvalue weighted by Crippen LogP contribution is -2.47. The zero-order valence-corrected chi connectivity index (χ0v) is 13.2. The van der Waals surface area contributed by atoms with Gasteiger partial charge in [0.05, 0.1) is 17.4 Å². The fourth-order valence-electron chi connectivity index (χ4n) is 3.17. The molecule has 1 saturated heterocycles. The second kappa shape index (κ2) is 6.38. The van der Waals surface area contributed by atoms with Crippen molar-refractivity contribution in [3.63, 3.8) is 0 Å². The monoisotopic (exact) mass is 307 g/mol. The number of benzene rings is 1. The van der Waals surface area contributed by atoms with Crippen LogP contribution in [0.5, 0.6) is 0 Å². The minimum Gasteiger partial charge on any atom is -0.354 e. The van der Waals surface area contributed by atoms with Crippen LogP contribution in [0.4, 0.5) is 5.82 Å². The summed E-state index contributed by atoms with van der Waals surface area (Å²) in [7, 11) is 0. The Labute approximate surface area is 136 Å². The third-order valence-corrected chi connectivity index (χ3v) is 4.55. The maximum atomic E-state index is 4.44. The molecule has 0 spiro atoms. The Balaban J connectivity index is 1.31. The third kappa shape index (κ3) is 3.19. The fraction of sp³-hybridized carbons (Fsp3) is 0.333. The molecule has 1 aliphatic rings. The van der Waals surface area contributed by atoms with Gasteiger partial charge in [-0.05, 0) is 36.2 Å². The van der Waals surface area contributed by atoms with Gasteiger partial charge in [-0.2, -0.15) is 0 Å². The van der Waals surface area contributed by atoms with Crippen molar-refractivity contribution in [2.24, 2.45) is 0 Å². The van der Waals surface area contributed by atoms with Crippen LogP contribution in [-0.2, 0) is 6.42 Å². The molecule has 2 aromatic heterocycles. The van der Waals surface area contributed by atoms with Gasteiger partial charge in [0.15, 0.2) is 0 Å². The van der Waals surface area contributed by atoms with Crippen molar-refractivity contribution >= 4 is 16.9 Å². The number of piperazine rings is 1. The van der Waals surface area contributed by atoms with E-state index in [0.29, 0.717) is 0 Å². The number of rotatable bonds is 4. The Morgan fingerprint density at radius 1 is 1.00 bits per heavy atom. The quantitative estimate of drug-likeness (QED) is 0.803. The van der Waals surface area contributed by atoms with E-state index in [0.717, 1.165) is 56.0 Å². The molecule has 0 amide bonds. The number of imidazole rings is 1. The van der Waals surface area contributed by atoms with Crippen molar-refractivity contribution in [3.05, 3.63) is 54.5 Å². The molecule has 0 saturated carbocycles. The van der Waals surface area contributed by atoms with Gasteiger partial charge in [0.2, 0.25) is 0 Å².